The third-order valence-electron chi connectivity index (χ3n) is 2.76. The van der Waals surface area contributed by atoms with Gasteiger partial charge in [-0.15, -0.1) is 0 Å². The van der Waals surface area contributed by atoms with Crippen LogP contribution in [0.1, 0.15) is 22.0 Å². The van der Waals surface area contributed by atoms with E-state index in [1.165, 1.54) is 24.3 Å². The number of aliphatic carboxylic acids is 1. The zero-order valence-electron chi connectivity index (χ0n) is 10.5. The Kier molecular flexibility index (Phi) is 4.00. The zero-order chi connectivity index (χ0) is 14.5. The Morgan fingerprint density at radius 3 is 2.30 bits per heavy atom. The SMILES string of the molecule is O=C(N[C@H](C(=O)O)c1ccccc1)c1cccc(O)c1. The van der Waals surface area contributed by atoms with Gasteiger partial charge in [0, 0.05) is 5.56 Å². The van der Waals surface area contributed by atoms with Crippen LogP contribution in [0, 0.1) is 0 Å². The molecule has 3 N–H and O–H groups in total. The van der Waals surface area contributed by atoms with Gasteiger partial charge in [-0.2, -0.15) is 0 Å². The Hall–Kier alpha value is -2.82. The molecule has 2 rings (SSSR count). The summed E-state index contributed by atoms with van der Waals surface area (Å²) < 4.78 is 0. The van der Waals surface area contributed by atoms with Gasteiger partial charge in [-0.3, -0.25) is 4.79 Å². The third kappa shape index (κ3) is 3.14. The number of carbonyl (C=O) groups is 2. The molecule has 0 unspecified atom stereocenters. The van der Waals surface area contributed by atoms with E-state index < -0.39 is 17.9 Å². The average Bonchev–Trinajstić information content (AvgIpc) is 2.45. The van der Waals surface area contributed by atoms with Crippen LogP contribution in [-0.2, 0) is 4.79 Å². The maximum Gasteiger partial charge on any atom is 0.330 e. The van der Waals surface area contributed by atoms with Crippen LogP contribution in [-0.4, -0.2) is 22.1 Å². The lowest BCUT2D eigenvalue weighted by Crippen LogP contribution is -2.33. The van der Waals surface area contributed by atoms with Crippen LogP contribution in [0.25, 0.3) is 0 Å². The molecule has 0 aliphatic heterocycles. The number of carboxylic acids is 1. The standard InChI is InChI=1S/C15H13NO4/c17-12-8-4-7-11(9-12)14(18)16-13(15(19)20)10-5-2-1-3-6-10/h1-9,13,17H,(H,16,18)(H,19,20)/t13-/m0/s1. The van der Waals surface area contributed by atoms with Gasteiger partial charge in [0.1, 0.15) is 5.75 Å². The monoisotopic (exact) mass is 271 g/mol. The van der Waals surface area contributed by atoms with Crippen molar-refractivity contribution in [3.63, 3.8) is 0 Å². The van der Waals surface area contributed by atoms with E-state index in [0.717, 1.165) is 0 Å². The van der Waals surface area contributed by atoms with Gasteiger partial charge in [-0.1, -0.05) is 36.4 Å². The maximum atomic E-state index is 12.0. The number of aromatic hydroxyl groups is 1. The number of hydrogen-bond acceptors (Lipinski definition) is 3. The van der Waals surface area contributed by atoms with Crippen molar-refractivity contribution in [3.8, 4) is 5.75 Å². The van der Waals surface area contributed by atoms with E-state index in [2.05, 4.69) is 5.32 Å². The number of phenolic OH excluding ortho intramolecular Hbond substituents is 1. The Morgan fingerprint density at radius 2 is 1.70 bits per heavy atom. The molecule has 1 amide bonds. The van der Waals surface area contributed by atoms with E-state index in [4.69, 9.17) is 0 Å². The first-order valence-electron chi connectivity index (χ1n) is 5.95. The molecule has 0 bridgehead atoms. The number of rotatable bonds is 4. The predicted octanol–water partition coefficient (Wildman–Crippen LogP) is 1.95. The number of nitrogens with one attached hydrogen (secondary N) is 1. The summed E-state index contributed by atoms with van der Waals surface area (Å²) in [6.45, 7) is 0. The summed E-state index contributed by atoms with van der Waals surface area (Å²) in [5.41, 5.74) is 0.681. The molecule has 0 aliphatic carbocycles. The number of amides is 1. The number of benzene rings is 2. The molecule has 2 aromatic rings. The van der Waals surface area contributed by atoms with Crippen LogP contribution >= 0.6 is 0 Å². The summed E-state index contributed by atoms with van der Waals surface area (Å²) in [4.78, 5) is 23.3. The zero-order valence-corrected chi connectivity index (χ0v) is 10.5. The van der Waals surface area contributed by atoms with Crippen LogP contribution < -0.4 is 5.32 Å². The largest absolute Gasteiger partial charge is 0.508 e. The van der Waals surface area contributed by atoms with Gasteiger partial charge in [-0.25, -0.2) is 4.79 Å². The highest BCUT2D eigenvalue weighted by Crippen LogP contribution is 2.15. The summed E-state index contributed by atoms with van der Waals surface area (Å²) >= 11 is 0. The molecule has 0 spiro atoms. The van der Waals surface area contributed by atoms with Crippen LogP contribution in [0.3, 0.4) is 0 Å². The molecule has 0 aromatic heterocycles. The minimum Gasteiger partial charge on any atom is -0.508 e. The lowest BCUT2D eigenvalue weighted by molar-refractivity contribution is -0.139. The van der Waals surface area contributed by atoms with Crippen molar-refractivity contribution in [2.45, 2.75) is 6.04 Å². The van der Waals surface area contributed by atoms with E-state index in [0.29, 0.717) is 5.56 Å². The number of hydrogen-bond donors (Lipinski definition) is 3. The van der Waals surface area contributed by atoms with E-state index in [9.17, 15) is 19.8 Å². The number of phenols is 1. The Morgan fingerprint density at radius 1 is 1.00 bits per heavy atom. The van der Waals surface area contributed by atoms with E-state index >= 15 is 0 Å². The molecule has 102 valence electrons. The molecule has 0 fully saturated rings. The van der Waals surface area contributed by atoms with Crippen molar-refractivity contribution in [2.24, 2.45) is 0 Å². The molecule has 0 aliphatic rings. The maximum absolute atomic E-state index is 12.0. The predicted molar refractivity (Wildman–Crippen MR) is 72.4 cm³/mol. The lowest BCUT2D eigenvalue weighted by Gasteiger charge is -2.15. The number of carbonyl (C=O) groups excluding carboxylic acids is 1. The minimum absolute atomic E-state index is 0.0516. The van der Waals surface area contributed by atoms with Crippen molar-refractivity contribution < 1.29 is 19.8 Å². The summed E-state index contributed by atoms with van der Waals surface area (Å²) in [5.74, 6) is -1.76. The molecule has 20 heavy (non-hydrogen) atoms. The van der Waals surface area contributed by atoms with Gasteiger partial charge in [0.05, 0.1) is 0 Å². The van der Waals surface area contributed by atoms with Gasteiger partial charge >= 0.3 is 5.97 Å². The van der Waals surface area contributed by atoms with Gasteiger partial charge < -0.3 is 15.5 Å². The molecule has 0 saturated heterocycles. The first-order chi connectivity index (χ1) is 9.58. The highest BCUT2D eigenvalue weighted by Gasteiger charge is 2.22. The molecule has 0 saturated carbocycles. The van der Waals surface area contributed by atoms with Crippen molar-refractivity contribution in [1.29, 1.82) is 0 Å². The van der Waals surface area contributed by atoms with Crippen LogP contribution in [0.4, 0.5) is 0 Å². The first kappa shape index (κ1) is 13.6. The van der Waals surface area contributed by atoms with Crippen molar-refractivity contribution in [1.82, 2.24) is 5.32 Å². The third-order valence-corrected chi connectivity index (χ3v) is 2.76. The fraction of sp³-hybridized carbons (Fsp3) is 0.0667. The Bertz CT molecular complexity index is 625. The molecular weight excluding hydrogens is 258 g/mol. The van der Waals surface area contributed by atoms with Crippen molar-refractivity contribution >= 4 is 11.9 Å². The second kappa shape index (κ2) is 5.88. The average molecular weight is 271 g/mol. The minimum atomic E-state index is -1.15. The summed E-state index contributed by atoms with van der Waals surface area (Å²) in [6.07, 6.45) is 0. The molecular formula is C15H13NO4. The van der Waals surface area contributed by atoms with E-state index in [-0.39, 0.29) is 11.3 Å². The highest BCUT2D eigenvalue weighted by molar-refractivity contribution is 5.97. The van der Waals surface area contributed by atoms with Gasteiger partial charge in [-0.05, 0) is 23.8 Å². The molecule has 1 atom stereocenters. The van der Waals surface area contributed by atoms with Gasteiger partial charge in [0.25, 0.3) is 5.91 Å². The molecule has 0 heterocycles. The smallest absolute Gasteiger partial charge is 0.330 e. The Balaban J connectivity index is 2.21. The van der Waals surface area contributed by atoms with Crippen LogP contribution in [0.2, 0.25) is 0 Å². The van der Waals surface area contributed by atoms with Crippen molar-refractivity contribution in [3.05, 3.63) is 65.7 Å². The van der Waals surface area contributed by atoms with Crippen LogP contribution in [0.5, 0.6) is 5.75 Å². The molecule has 5 heteroatoms. The second-order valence-electron chi connectivity index (χ2n) is 4.21. The van der Waals surface area contributed by atoms with Gasteiger partial charge in [0.2, 0.25) is 0 Å². The molecule has 5 nitrogen and oxygen atoms in total. The summed E-state index contributed by atoms with van der Waals surface area (Å²) in [7, 11) is 0. The van der Waals surface area contributed by atoms with E-state index in [1.54, 1.807) is 30.3 Å². The summed E-state index contributed by atoms with van der Waals surface area (Å²) in [6, 6.07) is 13.0. The molecule has 2 aromatic carbocycles. The molecule has 0 radical (unpaired) electrons. The first-order valence-corrected chi connectivity index (χ1v) is 5.95. The summed E-state index contributed by atoms with van der Waals surface area (Å²) in [5, 5.41) is 21.0. The second-order valence-corrected chi connectivity index (χ2v) is 4.21. The lowest BCUT2D eigenvalue weighted by atomic mass is 10.1. The fourth-order valence-corrected chi connectivity index (χ4v) is 1.79. The fourth-order valence-electron chi connectivity index (χ4n) is 1.79. The highest BCUT2D eigenvalue weighted by atomic mass is 16.4. The van der Waals surface area contributed by atoms with E-state index in [1.807, 2.05) is 0 Å². The van der Waals surface area contributed by atoms with Crippen molar-refractivity contribution in [2.75, 3.05) is 0 Å². The quantitative estimate of drug-likeness (QED) is 0.793. The van der Waals surface area contributed by atoms with Gasteiger partial charge in [0.15, 0.2) is 6.04 Å². The van der Waals surface area contributed by atoms with Crippen LogP contribution in [0.15, 0.2) is 54.6 Å². The number of carboxylic acid groups (broad SMARTS) is 1. The Labute approximate surface area is 115 Å². The topological polar surface area (TPSA) is 86.6 Å². The normalized spacial score (nSPS) is 11.6.